The van der Waals surface area contributed by atoms with Crippen molar-refractivity contribution in [1.29, 1.82) is 0 Å². The SMILES string of the molecule is NC(=O)S.NC(=O)S.[O]=[Mo]=[O].[c-]1ncco1. The molecule has 0 fully saturated rings. The monoisotopic (exact) mass is 352 g/mol. The van der Waals surface area contributed by atoms with Crippen molar-refractivity contribution in [3.8, 4) is 0 Å². The number of nitrogens with zero attached hydrogens (tertiary/aromatic N) is 1. The maximum atomic E-state index is 9.09. The molecule has 1 aromatic rings. The van der Waals surface area contributed by atoms with Crippen molar-refractivity contribution >= 4 is 35.7 Å². The first kappa shape index (κ1) is 20.5. The molecule has 0 atom stereocenters. The van der Waals surface area contributed by atoms with E-state index in [0.29, 0.717) is 0 Å². The fourth-order valence-electron chi connectivity index (χ4n) is 0.152. The van der Waals surface area contributed by atoms with Gasteiger partial charge in [-0.1, -0.05) is 31.5 Å². The number of thiol groups is 2. The molecule has 92 valence electrons. The Morgan fingerprint density at radius 3 is 1.62 bits per heavy atom. The van der Waals surface area contributed by atoms with E-state index in [0.717, 1.165) is 0 Å². The molecule has 16 heavy (non-hydrogen) atoms. The summed E-state index contributed by atoms with van der Waals surface area (Å²) in [6, 6.07) is 0. The average molecular weight is 350 g/mol. The molecule has 1 aromatic heterocycles. The van der Waals surface area contributed by atoms with E-state index in [1.54, 1.807) is 0 Å². The Bertz CT molecular complexity index is 264. The maximum absolute atomic E-state index is 9.09. The number of amides is 2. The van der Waals surface area contributed by atoms with Crippen molar-refractivity contribution in [1.82, 2.24) is 4.98 Å². The minimum absolute atomic E-state index is 0.639. The van der Waals surface area contributed by atoms with E-state index < -0.39 is 29.0 Å². The molecular weight excluding hydrogens is 342 g/mol. The van der Waals surface area contributed by atoms with Gasteiger partial charge in [-0.25, -0.2) is 0 Å². The maximum Gasteiger partial charge on any atom is 0.101 e. The van der Waals surface area contributed by atoms with Gasteiger partial charge in [0.05, 0.1) is 0 Å². The molecule has 8 nitrogen and oxygen atoms in total. The predicted octanol–water partition coefficient (Wildman–Crippen LogP) is 0.224. The van der Waals surface area contributed by atoms with Gasteiger partial charge in [0.25, 0.3) is 10.5 Å². The zero-order chi connectivity index (χ0) is 13.4. The van der Waals surface area contributed by atoms with Crippen LogP contribution >= 0.6 is 25.3 Å². The first-order valence-corrected chi connectivity index (χ1v) is 5.55. The van der Waals surface area contributed by atoms with Crippen LogP contribution in [0.3, 0.4) is 0 Å². The van der Waals surface area contributed by atoms with E-state index in [2.05, 4.69) is 52.5 Å². The van der Waals surface area contributed by atoms with Crippen LogP contribution in [-0.4, -0.2) is 15.5 Å². The number of hydrogen-bond acceptors (Lipinski definition) is 6. The van der Waals surface area contributed by atoms with Crippen LogP contribution in [0.15, 0.2) is 16.9 Å². The van der Waals surface area contributed by atoms with Crippen LogP contribution in [0.1, 0.15) is 0 Å². The molecule has 11 heteroatoms. The molecule has 0 spiro atoms. The number of hydrogen-bond donors (Lipinski definition) is 4. The summed E-state index contributed by atoms with van der Waals surface area (Å²) in [5.41, 5.74) is 8.67. The minimum Gasteiger partial charge on any atom is -0.581 e. The molecule has 0 saturated heterocycles. The van der Waals surface area contributed by atoms with Crippen LogP contribution in [0.25, 0.3) is 0 Å². The Labute approximate surface area is 110 Å². The summed E-state index contributed by atoms with van der Waals surface area (Å²) >= 11 is 4.18. The smallest absolute Gasteiger partial charge is 0.101 e. The first-order chi connectivity index (χ1) is 7.38. The van der Waals surface area contributed by atoms with Gasteiger partial charge in [0, 0.05) is 0 Å². The zero-order valence-corrected chi connectivity index (χ0v) is 11.4. The van der Waals surface area contributed by atoms with Crippen LogP contribution in [0.2, 0.25) is 0 Å². The standard InChI is InChI=1S/C3H2NO.2CH3NOS.Mo.2O/c1-2-5-3-4-1;2*2-1(3)4;;;/h1-2H;2*(H3,2,3,4);;;/q-1;;;;;. The molecule has 1 heterocycles. The van der Waals surface area contributed by atoms with Crippen LogP contribution < -0.4 is 11.5 Å². The number of aromatic nitrogens is 1. The van der Waals surface area contributed by atoms with Gasteiger partial charge in [0.15, 0.2) is 0 Å². The summed E-state index contributed by atoms with van der Waals surface area (Å²) in [5.74, 6) is 0. The molecule has 4 N–H and O–H groups in total. The number of nitrogens with two attached hydrogens (primary N) is 2. The Hall–Kier alpha value is -0.862. The molecule has 1 rings (SSSR count). The Balaban J connectivity index is -0.000000144. The summed E-state index contributed by atoms with van der Waals surface area (Å²) in [6.45, 7) is 0. The van der Waals surface area contributed by atoms with Gasteiger partial charge in [-0.05, 0) is 6.26 Å². The molecule has 0 bridgehead atoms. The summed E-state index contributed by atoms with van der Waals surface area (Å²) < 4.78 is 21.4. The Morgan fingerprint density at radius 1 is 1.25 bits per heavy atom. The Morgan fingerprint density at radius 2 is 1.56 bits per heavy atom. The van der Waals surface area contributed by atoms with E-state index >= 15 is 0 Å². The molecule has 0 aliphatic heterocycles. The van der Waals surface area contributed by atoms with E-state index in [1.165, 1.54) is 12.5 Å². The zero-order valence-electron chi connectivity index (χ0n) is 7.60. The molecule has 0 radical (unpaired) electrons. The summed E-state index contributed by atoms with van der Waals surface area (Å²) in [6.07, 6.45) is 5.22. The Kier molecular flexibility index (Phi) is 25.3. The van der Waals surface area contributed by atoms with Crippen molar-refractivity contribution < 1.29 is 39.3 Å². The van der Waals surface area contributed by atoms with Crippen molar-refractivity contribution in [2.24, 2.45) is 11.5 Å². The second-order valence-electron chi connectivity index (χ2n) is 1.37. The van der Waals surface area contributed by atoms with Crippen molar-refractivity contribution in [3.05, 3.63) is 18.9 Å². The fourth-order valence-corrected chi connectivity index (χ4v) is 0.152. The quantitative estimate of drug-likeness (QED) is 0.299. The van der Waals surface area contributed by atoms with Gasteiger partial charge >= 0.3 is 25.3 Å². The van der Waals surface area contributed by atoms with Crippen LogP contribution in [0.4, 0.5) is 9.59 Å². The molecule has 2 amide bonds. The second kappa shape index (κ2) is 19.7. The first-order valence-electron chi connectivity index (χ1n) is 3.02. The van der Waals surface area contributed by atoms with Crippen molar-refractivity contribution in [2.75, 3.05) is 0 Å². The number of primary amides is 2. The molecule has 0 aliphatic carbocycles. The second-order valence-corrected chi connectivity index (χ2v) is 2.58. The van der Waals surface area contributed by atoms with E-state index in [-0.39, 0.29) is 0 Å². The molecule has 0 unspecified atom stereocenters. The number of oxazole rings is 1. The third kappa shape index (κ3) is 113. The largest absolute Gasteiger partial charge is 0.581 e. The van der Waals surface area contributed by atoms with Gasteiger partial charge in [-0.2, -0.15) is 0 Å². The third-order valence-corrected chi connectivity index (χ3v) is 0.309. The number of carbonyl (C=O) groups is 2. The van der Waals surface area contributed by atoms with E-state index in [9.17, 15) is 0 Å². The topological polar surface area (TPSA) is 146 Å². The molecule has 0 saturated carbocycles. The van der Waals surface area contributed by atoms with Gasteiger partial charge < -0.3 is 20.9 Å². The third-order valence-electron chi connectivity index (χ3n) is 0.309. The van der Waals surface area contributed by atoms with E-state index in [4.69, 9.17) is 16.4 Å². The minimum atomic E-state index is -2.03. The summed E-state index contributed by atoms with van der Waals surface area (Å²) in [5, 5.41) is -1.28. The fraction of sp³-hybridized carbons (Fsp3) is 0. The van der Waals surface area contributed by atoms with Gasteiger partial charge in [0.1, 0.15) is 6.39 Å². The molecule has 0 aliphatic rings. The van der Waals surface area contributed by atoms with Gasteiger partial charge in [-0.3, -0.25) is 9.59 Å². The number of rotatable bonds is 0. The van der Waals surface area contributed by atoms with Crippen LogP contribution in [0, 0.1) is 6.39 Å². The predicted molar refractivity (Wildman–Crippen MR) is 53.9 cm³/mol. The van der Waals surface area contributed by atoms with Crippen LogP contribution in [0.5, 0.6) is 0 Å². The van der Waals surface area contributed by atoms with Gasteiger partial charge in [0.2, 0.25) is 0 Å². The van der Waals surface area contributed by atoms with Gasteiger partial charge in [-0.15, -0.1) is 0 Å². The normalized spacial score (nSPS) is 6.38. The van der Waals surface area contributed by atoms with Crippen molar-refractivity contribution in [2.45, 2.75) is 0 Å². The molecule has 0 aromatic carbocycles. The van der Waals surface area contributed by atoms with E-state index in [1.807, 2.05) is 0 Å². The summed E-state index contributed by atoms with van der Waals surface area (Å²) in [4.78, 5) is 21.6. The summed E-state index contributed by atoms with van der Waals surface area (Å²) in [7, 11) is 0. The molecular formula is C5H8MoN3O5S2-. The number of carbonyl (C=O) groups excluding carboxylic acids is 2. The average Bonchev–Trinajstić information content (AvgIpc) is 2.57. The van der Waals surface area contributed by atoms with Crippen LogP contribution in [-0.2, 0) is 25.3 Å². The van der Waals surface area contributed by atoms with Crippen molar-refractivity contribution in [3.63, 3.8) is 0 Å².